The van der Waals surface area contributed by atoms with Gasteiger partial charge in [-0.1, -0.05) is 18.2 Å². The van der Waals surface area contributed by atoms with Crippen molar-refractivity contribution in [3.05, 3.63) is 42.7 Å². The molecular formula is C15H14N4O3. The Morgan fingerprint density at radius 2 is 1.95 bits per heavy atom. The van der Waals surface area contributed by atoms with Crippen LogP contribution >= 0.6 is 0 Å². The van der Waals surface area contributed by atoms with Crippen molar-refractivity contribution < 1.29 is 14.6 Å². The number of ether oxygens (including phenoxy) is 1. The normalized spacial score (nSPS) is 9.68. The van der Waals surface area contributed by atoms with Crippen LogP contribution < -0.4 is 10.5 Å². The van der Waals surface area contributed by atoms with Gasteiger partial charge < -0.3 is 15.6 Å². The van der Waals surface area contributed by atoms with Gasteiger partial charge in [-0.25, -0.2) is 9.97 Å². The number of carbonyl (C=O) groups is 1. The van der Waals surface area contributed by atoms with Crippen molar-refractivity contribution in [1.82, 2.24) is 15.0 Å². The molecule has 0 aliphatic carbocycles. The fourth-order valence-electron chi connectivity index (χ4n) is 1.95. The van der Waals surface area contributed by atoms with E-state index in [9.17, 15) is 0 Å². The molecule has 2 heterocycles. The van der Waals surface area contributed by atoms with Crippen LogP contribution in [-0.2, 0) is 4.79 Å². The smallest absolute Gasteiger partial charge is 0.290 e. The Bertz CT molecular complexity index is 793. The number of aromatic nitrogens is 3. The van der Waals surface area contributed by atoms with Gasteiger partial charge in [0.1, 0.15) is 5.82 Å². The quantitative estimate of drug-likeness (QED) is 0.696. The maximum absolute atomic E-state index is 8.36. The lowest BCUT2D eigenvalue weighted by molar-refractivity contribution is -0.122. The van der Waals surface area contributed by atoms with Crippen LogP contribution in [-0.4, -0.2) is 33.6 Å². The Morgan fingerprint density at radius 1 is 1.23 bits per heavy atom. The first-order chi connectivity index (χ1) is 10.7. The Morgan fingerprint density at radius 3 is 2.64 bits per heavy atom. The van der Waals surface area contributed by atoms with E-state index in [4.69, 9.17) is 20.4 Å². The minimum absolute atomic E-state index is 0.250. The number of nitrogen functional groups attached to an aromatic ring is 1. The fraction of sp³-hybridized carbons (Fsp3) is 0.0667. The number of para-hydroxylation sites is 1. The van der Waals surface area contributed by atoms with Crippen LogP contribution in [0.1, 0.15) is 0 Å². The van der Waals surface area contributed by atoms with E-state index >= 15 is 0 Å². The molecule has 7 heteroatoms. The average Bonchev–Trinajstić information content (AvgIpc) is 2.54. The summed E-state index contributed by atoms with van der Waals surface area (Å²) in [6, 6.07) is 9.81. The lowest BCUT2D eigenvalue weighted by Gasteiger charge is -2.08. The van der Waals surface area contributed by atoms with Crippen molar-refractivity contribution >= 4 is 23.2 Å². The maximum Gasteiger partial charge on any atom is 0.290 e. The molecule has 3 aromatic rings. The molecule has 0 aliphatic heterocycles. The molecule has 1 aromatic carbocycles. The molecule has 0 fully saturated rings. The van der Waals surface area contributed by atoms with Gasteiger partial charge in [0.25, 0.3) is 6.47 Å². The van der Waals surface area contributed by atoms with Crippen molar-refractivity contribution in [2.24, 2.45) is 0 Å². The molecular weight excluding hydrogens is 284 g/mol. The molecule has 3 N–H and O–H groups in total. The van der Waals surface area contributed by atoms with Crippen LogP contribution in [0.5, 0.6) is 5.88 Å². The zero-order valence-electron chi connectivity index (χ0n) is 11.8. The molecule has 2 aromatic heterocycles. The number of hydrogen-bond acceptors (Lipinski definition) is 6. The number of hydrogen-bond donors (Lipinski definition) is 2. The molecule has 0 saturated heterocycles. The van der Waals surface area contributed by atoms with E-state index in [0.29, 0.717) is 17.4 Å². The molecule has 0 spiro atoms. The number of pyridine rings is 1. The summed E-state index contributed by atoms with van der Waals surface area (Å²) >= 11 is 0. The summed E-state index contributed by atoms with van der Waals surface area (Å²) in [7, 11) is 1.58. The Hall–Kier alpha value is -3.22. The van der Waals surface area contributed by atoms with E-state index in [1.807, 2.05) is 30.3 Å². The van der Waals surface area contributed by atoms with E-state index in [-0.39, 0.29) is 6.47 Å². The third kappa shape index (κ3) is 3.26. The topological polar surface area (TPSA) is 111 Å². The number of fused-ring (bicyclic) bond motifs is 1. The molecule has 0 amide bonds. The fourth-order valence-corrected chi connectivity index (χ4v) is 1.95. The van der Waals surface area contributed by atoms with Crippen molar-refractivity contribution in [2.45, 2.75) is 0 Å². The molecule has 112 valence electrons. The van der Waals surface area contributed by atoms with Crippen LogP contribution in [0.25, 0.3) is 22.2 Å². The van der Waals surface area contributed by atoms with Crippen LogP contribution in [0.2, 0.25) is 0 Å². The van der Waals surface area contributed by atoms with E-state index in [0.717, 1.165) is 16.5 Å². The second kappa shape index (κ2) is 6.98. The van der Waals surface area contributed by atoms with Crippen LogP contribution in [0.15, 0.2) is 42.7 Å². The van der Waals surface area contributed by atoms with E-state index < -0.39 is 0 Å². The molecule has 0 unspecified atom stereocenters. The monoisotopic (exact) mass is 298 g/mol. The highest BCUT2D eigenvalue weighted by molar-refractivity contribution is 5.85. The maximum atomic E-state index is 8.36. The minimum Gasteiger partial charge on any atom is -0.483 e. The molecule has 0 atom stereocenters. The molecule has 0 aliphatic rings. The second-order valence-corrected chi connectivity index (χ2v) is 4.17. The van der Waals surface area contributed by atoms with Crippen LogP contribution in [0.4, 0.5) is 5.82 Å². The lowest BCUT2D eigenvalue weighted by Crippen LogP contribution is -1.97. The number of carboxylic acid groups (broad SMARTS) is 1. The number of anilines is 1. The van der Waals surface area contributed by atoms with Gasteiger partial charge in [0, 0.05) is 5.39 Å². The van der Waals surface area contributed by atoms with Crippen molar-refractivity contribution in [1.29, 1.82) is 0 Å². The molecule has 3 rings (SSSR count). The molecule has 22 heavy (non-hydrogen) atoms. The van der Waals surface area contributed by atoms with Gasteiger partial charge in [-0.15, -0.1) is 0 Å². The third-order valence-electron chi connectivity index (χ3n) is 2.81. The zero-order chi connectivity index (χ0) is 15.9. The highest BCUT2D eigenvalue weighted by atomic mass is 16.5. The Labute approximate surface area is 126 Å². The van der Waals surface area contributed by atoms with Gasteiger partial charge in [-0.2, -0.15) is 0 Å². The number of nitrogens with two attached hydrogens (primary N) is 1. The Kier molecular flexibility index (Phi) is 4.81. The molecule has 7 nitrogen and oxygen atoms in total. The van der Waals surface area contributed by atoms with Gasteiger partial charge in [-0.05, 0) is 12.1 Å². The lowest BCUT2D eigenvalue weighted by atomic mass is 10.1. The summed E-state index contributed by atoms with van der Waals surface area (Å²) in [6.07, 6.45) is 3.15. The van der Waals surface area contributed by atoms with E-state index in [2.05, 4.69) is 15.0 Å². The summed E-state index contributed by atoms with van der Waals surface area (Å²) in [5.41, 5.74) is 7.97. The second-order valence-electron chi connectivity index (χ2n) is 4.17. The van der Waals surface area contributed by atoms with Crippen molar-refractivity contribution in [3.8, 4) is 17.1 Å². The summed E-state index contributed by atoms with van der Waals surface area (Å²) in [6.45, 7) is -0.250. The highest BCUT2D eigenvalue weighted by Crippen LogP contribution is 2.30. The molecule has 0 saturated carbocycles. The average molecular weight is 298 g/mol. The summed E-state index contributed by atoms with van der Waals surface area (Å²) in [4.78, 5) is 21.1. The number of nitrogens with zero attached hydrogens (tertiary/aromatic N) is 3. The van der Waals surface area contributed by atoms with Crippen LogP contribution in [0, 0.1) is 0 Å². The van der Waals surface area contributed by atoms with Gasteiger partial charge in [0.05, 0.1) is 36.3 Å². The summed E-state index contributed by atoms with van der Waals surface area (Å²) in [5, 5.41) is 7.91. The van der Waals surface area contributed by atoms with Crippen molar-refractivity contribution in [2.75, 3.05) is 12.8 Å². The first kappa shape index (κ1) is 15.2. The predicted molar refractivity (Wildman–Crippen MR) is 82.4 cm³/mol. The highest BCUT2D eigenvalue weighted by Gasteiger charge is 2.11. The van der Waals surface area contributed by atoms with E-state index in [1.165, 1.54) is 6.20 Å². The SMILES string of the molecule is COc1nc2ccccc2cc1-c1cncc(N)n1.O=CO. The summed E-state index contributed by atoms with van der Waals surface area (Å²) in [5.74, 6) is 0.881. The van der Waals surface area contributed by atoms with Crippen LogP contribution in [0.3, 0.4) is 0 Å². The largest absolute Gasteiger partial charge is 0.483 e. The van der Waals surface area contributed by atoms with Gasteiger partial charge in [0.15, 0.2) is 0 Å². The van der Waals surface area contributed by atoms with Gasteiger partial charge in [-0.3, -0.25) is 9.78 Å². The van der Waals surface area contributed by atoms with E-state index in [1.54, 1.807) is 13.3 Å². The standard InChI is InChI=1S/C14H12N4O.CH2O2/c1-19-14-10(12-7-16-8-13(15)17-12)6-9-4-2-3-5-11(9)18-14;2-1-3/h2-8H,1H3,(H2,15,17);1H,(H,2,3). The van der Waals surface area contributed by atoms with Crippen molar-refractivity contribution in [3.63, 3.8) is 0 Å². The number of benzene rings is 1. The third-order valence-corrected chi connectivity index (χ3v) is 2.81. The number of methoxy groups -OCH3 is 1. The molecule has 0 radical (unpaired) electrons. The zero-order valence-corrected chi connectivity index (χ0v) is 11.8. The summed E-state index contributed by atoms with van der Waals surface area (Å²) < 4.78 is 5.33. The Balaban J connectivity index is 0.000000545. The number of rotatable bonds is 2. The minimum atomic E-state index is -0.250. The van der Waals surface area contributed by atoms with Gasteiger partial charge in [0.2, 0.25) is 5.88 Å². The molecule has 0 bridgehead atoms. The first-order valence-corrected chi connectivity index (χ1v) is 6.29. The first-order valence-electron chi connectivity index (χ1n) is 6.29. The predicted octanol–water partition coefficient (Wildman–Crippen LogP) is 1.98. The van der Waals surface area contributed by atoms with Gasteiger partial charge >= 0.3 is 0 Å².